The summed E-state index contributed by atoms with van der Waals surface area (Å²) >= 11 is 0. The van der Waals surface area contributed by atoms with Crippen LogP contribution in [0.3, 0.4) is 0 Å². The Morgan fingerprint density at radius 2 is 1.89 bits per heavy atom. The number of anilines is 1. The monoisotopic (exact) mass is 243 g/mol. The molecule has 1 amide bonds. The Morgan fingerprint density at radius 3 is 2.56 bits per heavy atom. The van der Waals surface area contributed by atoms with Crippen molar-refractivity contribution in [1.29, 1.82) is 0 Å². The van der Waals surface area contributed by atoms with Gasteiger partial charge in [-0.05, 0) is 30.3 Å². The van der Waals surface area contributed by atoms with E-state index in [-0.39, 0.29) is 11.1 Å². The lowest BCUT2D eigenvalue weighted by Crippen LogP contribution is -2.13. The molecule has 2 aromatic rings. The largest absolute Gasteiger partial charge is 0.478 e. The van der Waals surface area contributed by atoms with Crippen molar-refractivity contribution in [2.24, 2.45) is 0 Å². The Balaban J connectivity index is 2.19. The summed E-state index contributed by atoms with van der Waals surface area (Å²) in [4.78, 5) is 22.6. The first-order chi connectivity index (χ1) is 8.66. The number of hydrogen-bond acceptors (Lipinski definition) is 4. The fourth-order valence-electron chi connectivity index (χ4n) is 1.35. The summed E-state index contributed by atoms with van der Waals surface area (Å²) in [7, 11) is 0. The van der Waals surface area contributed by atoms with Crippen LogP contribution in [0.4, 0.5) is 5.82 Å². The van der Waals surface area contributed by atoms with Crippen molar-refractivity contribution in [3.8, 4) is 0 Å². The summed E-state index contributed by atoms with van der Waals surface area (Å²) < 4.78 is 0. The molecule has 0 aliphatic heterocycles. The Hall–Kier alpha value is -2.76. The molecule has 6 heteroatoms. The third kappa shape index (κ3) is 2.67. The van der Waals surface area contributed by atoms with Gasteiger partial charge in [0.15, 0.2) is 5.82 Å². The van der Waals surface area contributed by atoms with Crippen molar-refractivity contribution < 1.29 is 14.7 Å². The van der Waals surface area contributed by atoms with E-state index >= 15 is 0 Å². The predicted octanol–water partition coefficient (Wildman–Crippen LogP) is 1.43. The number of carbonyl (C=O) groups excluding carboxylic acids is 1. The Labute approximate surface area is 102 Å². The van der Waals surface area contributed by atoms with E-state index < -0.39 is 11.9 Å². The average molecular weight is 243 g/mol. The molecule has 0 spiro atoms. The van der Waals surface area contributed by atoms with Crippen molar-refractivity contribution >= 4 is 17.7 Å². The lowest BCUT2D eigenvalue weighted by molar-refractivity contribution is 0.0697. The van der Waals surface area contributed by atoms with Crippen LogP contribution in [0.15, 0.2) is 42.6 Å². The predicted molar refractivity (Wildman–Crippen MR) is 63.4 cm³/mol. The van der Waals surface area contributed by atoms with Gasteiger partial charge in [0.2, 0.25) is 0 Å². The number of hydrogen-bond donors (Lipinski definition) is 2. The Morgan fingerprint density at radius 1 is 1.11 bits per heavy atom. The zero-order valence-corrected chi connectivity index (χ0v) is 9.20. The van der Waals surface area contributed by atoms with Crippen molar-refractivity contribution in [1.82, 2.24) is 10.2 Å². The molecule has 6 nitrogen and oxygen atoms in total. The van der Waals surface area contributed by atoms with Gasteiger partial charge >= 0.3 is 5.97 Å². The number of aromatic carboxylic acids is 1. The molecule has 2 N–H and O–H groups in total. The van der Waals surface area contributed by atoms with Gasteiger partial charge in [0.05, 0.1) is 5.56 Å². The summed E-state index contributed by atoms with van der Waals surface area (Å²) in [5.41, 5.74) is 0.308. The highest BCUT2D eigenvalue weighted by molar-refractivity contribution is 6.05. The highest BCUT2D eigenvalue weighted by Crippen LogP contribution is 2.08. The maximum Gasteiger partial charge on any atom is 0.335 e. The summed E-state index contributed by atoms with van der Waals surface area (Å²) in [6, 6.07) is 8.98. The second kappa shape index (κ2) is 5.05. The smallest absolute Gasteiger partial charge is 0.335 e. The van der Waals surface area contributed by atoms with Crippen LogP contribution in [0.25, 0.3) is 0 Å². The van der Waals surface area contributed by atoms with Gasteiger partial charge in [0.25, 0.3) is 5.91 Å². The number of carbonyl (C=O) groups is 2. The minimum Gasteiger partial charge on any atom is -0.478 e. The molecular formula is C12H9N3O3. The molecule has 0 fully saturated rings. The molecule has 1 aromatic heterocycles. The van der Waals surface area contributed by atoms with Crippen LogP contribution in [-0.4, -0.2) is 27.2 Å². The zero-order chi connectivity index (χ0) is 13.0. The van der Waals surface area contributed by atoms with Crippen molar-refractivity contribution in [2.45, 2.75) is 0 Å². The highest BCUT2D eigenvalue weighted by Gasteiger charge is 2.10. The number of benzene rings is 1. The van der Waals surface area contributed by atoms with E-state index in [1.165, 1.54) is 30.5 Å². The molecule has 1 heterocycles. The number of nitrogens with one attached hydrogen (secondary N) is 1. The summed E-state index contributed by atoms with van der Waals surface area (Å²) in [6.07, 6.45) is 1.49. The van der Waals surface area contributed by atoms with E-state index in [1.54, 1.807) is 12.1 Å². The maximum absolute atomic E-state index is 11.8. The average Bonchev–Trinajstić information content (AvgIpc) is 2.40. The SMILES string of the molecule is O=C(O)c1cccc(C(=O)Nc2cccnn2)c1. The molecule has 0 bridgehead atoms. The molecule has 0 radical (unpaired) electrons. The highest BCUT2D eigenvalue weighted by atomic mass is 16.4. The number of amides is 1. The second-order valence-electron chi connectivity index (χ2n) is 3.45. The van der Waals surface area contributed by atoms with Crippen LogP contribution in [-0.2, 0) is 0 Å². The van der Waals surface area contributed by atoms with E-state index in [0.29, 0.717) is 5.82 Å². The first kappa shape index (κ1) is 11.7. The first-order valence-electron chi connectivity index (χ1n) is 5.09. The van der Waals surface area contributed by atoms with E-state index in [0.717, 1.165) is 0 Å². The fraction of sp³-hybridized carbons (Fsp3) is 0. The normalized spacial score (nSPS) is 9.78. The Kier molecular flexibility index (Phi) is 3.29. The zero-order valence-electron chi connectivity index (χ0n) is 9.20. The number of nitrogens with zero attached hydrogens (tertiary/aromatic N) is 2. The third-order valence-corrected chi connectivity index (χ3v) is 2.19. The van der Waals surface area contributed by atoms with Gasteiger partial charge in [-0.2, -0.15) is 5.10 Å². The van der Waals surface area contributed by atoms with Crippen LogP contribution in [0.2, 0.25) is 0 Å². The van der Waals surface area contributed by atoms with E-state index in [1.807, 2.05) is 0 Å². The molecule has 0 saturated heterocycles. The minimum atomic E-state index is -1.08. The standard InChI is InChI=1S/C12H9N3O3/c16-11(14-10-5-2-6-13-15-10)8-3-1-4-9(7-8)12(17)18/h1-7H,(H,17,18)(H,14,15,16). The summed E-state index contributed by atoms with van der Waals surface area (Å²) in [5.74, 6) is -1.20. The van der Waals surface area contributed by atoms with Gasteiger partial charge in [0.1, 0.15) is 0 Å². The minimum absolute atomic E-state index is 0.0572. The number of carboxylic acids is 1. The molecule has 0 saturated carbocycles. The third-order valence-electron chi connectivity index (χ3n) is 2.19. The van der Waals surface area contributed by atoms with E-state index in [2.05, 4.69) is 15.5 Å². The van der Waals surface area contributed by atoms with Crippen molar-refractivity contribution in [2.75, 3.05) is 5.32 Å². The number of carboxylic acid groups (broad SMARTS) is 1. The Bertz CT molecular complexity index is 584. The van der Waals surface area contributed by atoms with Crippen LogP contribution in [0.5, 0.6) is 0 Å². The maximum atomic E-state index is 11.8. The van der Waals surface area contributed by atoms with Crippen LogP contribution in [0.1, 0.15) is 20.7 Å². The quantitative estimate of drug-likeness (QED) is 0.850. The van der Waals surface area contributed by atoms with E-state index in [9.17, 15) is 9.59 Å². The second-order valence-corrected chi connectivity index (χ2v) is 3.45. The number of aromatic nitrogens is 2. The fourth-order valence-corrected chi connectivity index (χ4v) is 1.35. The first-order valence-corrected chi connectivity index (χ1v) is 5.09. The number of rotatable bonds is 3. The van der Waals surface area contributed by atoms with Gasteiger partial charge < -0.3 is 10.4 Å². The van der Waals surface area contributed by atoms with Gasteiger partial charge in [-0.25, -0.2) is 4.79 Å². The van der Waals surface area contributed by atoms with Gasteiger partial charge in [-0.1, -0.05) is 6.07 Å². The van der Waals surface area contributed by atoms with Crippen molar-refractivity contribution in [3.05, 3.63) is 53.7 Å². The van der Waals surface area contributed by atoms with Crippen LogP contribution in [0, 0.1) is 0 Å². The van der Waals surface area contributed by atoms with Crippen LogP contribution < -0.4 is 5.32 Å². The molecule has 0 aliphatic rings. The molecule has 90 valence electrons. The van der Waals surface area contributed by atoms with Crippen molar-refractivity contribution in [3.63, 3.8) is 0 Å². The molecule has 0 atom stereocenters. The summed E-state index contributed by atoms with van der Waals surface area (Å²) in [6.45, 7) is 0. The summed E-state index contributed by atoms with van der Waals surface area (Å²) in [5, 5.41) is 18.7. The molecule has 1 aromatic carbocycles. The van der Waals surface area contributed by atoms with E-state index in [4.69, 9.17) is 5.11 Å². The molecule has 2 rings (SSSR count). The molecule has 0 unspecified atom stereocenters. The van der Waals surface area contributed by atoms with Gasteiger partial charge in [-0.15, -0.1) is 5.10 Å². The topological polar surface area (TPSA) is 92.2 Å². The molecule has 0 aliphatic carbocycles. The molecular weight excluding hydrogens is 234 g/mol. The lowest BCUT2D eigenvalue weighted by atomic mass is 10.1. The lowest BCUT2D eigenvalue weighted by Gasteiger charge is -2.04. The molecule has 18 heavy (non-hydrogen) atoms. The van der Waals surface area contributed by atoms with Gasteiger partial charge in [0, 0.05) is 11.8 Å². The van der Waals surface area contributed by atoms with Gasteiger partial charge in [-0.3, -0.25) is 4.79 Å². The van der Waals surface area contributed by atoms with Crippen LogP contribution >= 0.6 is 0 Å².